The molecule has 0 spiro atoms. The van der Waals surface area contributed by atoms with Crippen LogP contribution in [0.3, 0.4) is 0 Å². The Balaban J connectivity index is 1.64. The van der Waals surface area contributed by atoms with Crippen LogP contribution in [0.15, 0.2) is 91.0 Å². The molecule has 0 heterocycles. The van der Waals surface area contributed by atoms with Gasteiger partial charge in [0.15, 0.2) is 0 Å². The van der Waals surface area contributed by atoms with Gasteiger partial charge in [-0.3, -0.25) is 0 Å². The van der Waals surface area contributed by atoms with E-state index in [1.807, 2.05) is 0 Å². The van der Waals surface area contributed by atoms with Crippen LogP contribution in [0.2, 0.25) is 0 Å². The summed E-state index contributed by atoms with van der Waals surface area (Å²) in [6.07, 6.45) is 2.52. The van der Waals surface area contributed by atoms with Crippen LogP contribution in [0.1, 0.15) is 0 Å². The Hall–Kier alpha value is -1.52. The quantitative estimate of drug-likeness (QED) is 0.474. The minimum absolute atomic E-state index is 0.0650. The topological polar surface area (TPSA) is 3.24 Å². The molecule has 1 nitrogen and oxygen atoms in total. The number of rotatable bonds is 9. The molecule has 3 aromatic carbocycles. The molecule has 0 aliphatic heterocycles. The van der Waals surface area contributed by atoms with E-state index in [9.17, 15) is 0 Å². The van der Waals surface area contributed by atoms with E-state index in [4.69, 9.17) is 0 Å². The fourth-order valence-corrected chi connectivity index (χ4v) is 8.90. The Morgan fingerprint density at radius 1 is 0.714 bits per heavy atom. The molecule has 148 valence electrons. The maximum absolute atomic E-state index is 2.54. The van der Waals surface area contributed by atoms with Crippen LogP contribution in [0.5, 0.6) is 0 Å². The molecule has 0 fully saturated rings. The zero-order chi connectivity index (χ0) is 19.8. The molecule has 0 N–H and O–H groups in total. The van der Waals surface area contributed by atoms with Crippen molar-refractivity contribution in [2.45, 2.75) is 0 Å². The summed E-state index contributed by atoms with van der Waals surface area (Å²) in [5.74, 6) is 0. The minimum atomic E-state index is -1.72. The van der Waals surface area contributed by atoms with Gasteiger partial charge in [-0.25, -0.2) is 0 Å². The SMILES string of the molecule is CN(CC[P@@](C)c1ccccc1)CC[PH](C)(c1ccccc1)c1ccccc1. The predicted molar refractivity (Wildman–Crippen MR) is 133 cm³/mol. The van der Waals surface area contributed by atoms with Gasteiger partial charge >= 0.3 is 173 Å². The van der Waals surface area contributed by atoms with E-state index in [1.165, 1.54) is 34.8 Å². The van der Waals surface area contributed by atoms with E-state index < -0.39 is 7.26 Å². The maximum atomic E-state index is 2.54. The van der Waals surface area contributed by atoms with Crippen molar-refractivity contribution >= 4 is 31.1 Å². The van der Waals surface area contributed by atoms with Crippen LogP contribution in [-0.4, -0.2) is 50.7 Å². The third-order valence-corrected chi connectivity index (χ3v) is 12.3. The van der Waals surface area contributed by atoms with Gasteiger partial charge in [0.2, 0.25) is 0 Å². The summed E-state index contributed by atoms with van der Waals surface area (Å²) in [4.78, 5) is 2.54. The van der Waals surface area contributed by atoms with Gasteiger partial charge in [-0.1, -0.05) is 0 Å². The molecule has 0 aromatic heterocycles. The number of hydrogen-bond donors (Lipinski definition) is 0. The van der Waals surface area contributed by atoms with E-state index in [0.717, 1.165) is 6.54 Å². The molecule has 3 heteroatoms. The number of hydrogen-bond acceptors (Lipinski definition) is 1. The average Bonchev–Trinajstić information content (AvgIpc) is 2.77. The molecule has 0 saturated heterocycles. The van der Waals surface area contributed by atoms with Gasteiger partial charge in [-0.05, 0) is 0 Å². The molecule has 0 saturated carbocycles. The first-order valence-corrected chi connectivity index (χ1v) is 14.8. The van der Waals surface area contributed by atoms with Gasteiger partial charge in [0.05, 0.1) is 0 Å². The molecule has 0 aliphatic rings. The van der Waals surface area contributed by atoms with Crippen molar-refractivity contribution in [3.05, 3.63) is 91.0 Å². The fraction of sp³-hybridized carbons (Fsp3) is 0.280. The standard InChI is InChI=1S/C25H33NP2/c1-26(19-21-27(2)23-13-7-4-8-14-23)20-22-28(3,24-15-9-5-10-16-24)25-17-11-6-12-18-25/h4-18,28H,19-22H2,1-3H3/t27-/m1/s1. The van der Waals surface area contributed by atoms with Crippen LogP contribution in [0.4, 0.5) is 0 Å². The second-order valence-corrected chi connectivity index (χ2v) is 14.6. The molecule has 0 amide bonds. The van der Waals surface area contributed by atoms with Gasteiger partial charge < -0.3 is 0 Å². The molecule has 0 unspecified atom stereocenters. The van der Waals surface area contributed by atoms with Crippen LogP contribution in [0.25, 0.3) is 0 Å². The molecule has 28 heavy (non-hydrogen) atoms. The first-order chi connectivity index (χ1) is 13.6. The number of nitrogens with zero attached hydrogens (tertiary/aromatic N) is 1. The Kier molecular flexibility index (Phi) is 7.81. The molecule has 0 radical (unpaired) electrons. The Morgan fingerprint density at radius 3 is 1.68 bits per heavy atom. The van der Waals surface area contributed by atoms with Crippen molar-refractivity contribution in [2.24, 2.45) is 0 Å². The summed E-state index contributed by atoms with van der Waals surface area (Å²) in [5.41, 5.74) is 0. The van der Waals surface area contributed by atoms with E-state index in [2.05, 4.69) is 116 Å². The van der Waals surface area contributed by atoms with Gasteiger partial charge in [-0.2, -0.15) is 0 Å². The van der Waals surface area contributed by atoms with Crippen LogP contribution >= 0.6 is 15.2 Å². The molecule has 1 atom stereocenters. The molecular formula is C25H33NP2. The first-order valence-electron chi connectivity index (χ1n) is 10.2. The average molecular weight is 409 g/mol. The fourth-order valence-electron chi connectivity index (χ4n) is 3.73. The summed E-state index contributed by atoms with van der Waals surface area (Å²) in [5, 5.41) is 4.59. The summed E-state index contributed by atoms with van der Waals surface area (Å²) >= 11 is 0. The van der Waals surface area contributed by atoms with Crippen molar-refractivity contribution in [2.75, 3.05) is 45.8 Å². The second kappa shape index (κ2) is 10.3. The van der Waals surface area contributed by atoms with Gasteiger partial charge in [0, 0.05) is 0 Å². The molecule has 3 aromatic rings. The van der Waals surface area contributed by atoms with E-state index in [0.29, 0.717) is 0 Å². The molecule has 3 rings (SSSR count). The molecule has 0 aliphatic carbocycles. The van der Waals surface area contributed by atoms with Crippen molar-refractivity contribution in [3.8, 4) is 0 Å². The van der Waals surface area contributed by atoms with Crippen molar-refractivity contribution in [3.63, 3.8) is 0 Å². The van der Waals surface area contributed by atoms with Gasteiger partial charge in [0.1, 0.15) is 0 Å². The summed E-state index contributed by atoms with van der Waals surface area (Å²) < 4.78 is 0. The Bertz CT molecular complexity index is 781. The summed E-state index contributed by atoms with van der Waals surface area (Å²) in [6.45, 7) is 7.27. The van der Waals surface area contributed by atoms with Crippen LogP contribution in [-0.2, 0) is 0 Å². The van der Waals surface area contributed by atoms with Crippen LogP contribution in [0, 0.1) is 0 Å². The number of benzene rings is 3. The third kappa shape index (κ3) is 5.51. The summed E-state index contributed by atoms with van der Waals surface area (Å²) in [7, 11) is 0.505. The molecule has 0 bridgehead atoms. The van der Waals surface area contributed by atoms with Crippen LogP contribution < -0.4 is 15.9 Å². The second-order valence-electron chi connectivity index (χ2n) is 7.87. The Morgan fingerprint density at radius 2 is 1.18 bits per heavy atom. The zero-order valence-electron chi connectivity index (χ0n) is 17.4. The van der Waals surface area contributed by atoms with Crippen molar-refractivity contribution < 1.29 is 0 Å². The predicted octanol–water partition coefficient (Wildman–Crippen LogP) is 4.39. The van der Waals surface area contributed by atoms with Crippen molar-refractivity contribution in [1.82, 2.24) is 4.90 Å². The Labute approximate surface area is 172 Å². The monoisotopic (exact) mass is 409 g/mol. The third-order valence-electron chi connectivity index (χ3n) is 5.83. The van der Waals surface area contributed by atoms with Gasteiger partial charge in [0.25, 0.3) is 0 Å². The van der Waals surface area contributed by atoms with E-state index in [1.54, 1.807) is 0 Å². The van der Waals surface area contributed by atoms with E-state index in [-0.39, 0.29) is 7.92 Å². The summed E-state index contributed by atoms with van der Waals surface area (Å²) in [6, 6.07) is 33.3. The van der Waals surface area contributed by atoms with Crippen molar-refractivity contribution in [1.29, 1.82) is 0 Å². The zero-order valence-corrected chi connectivity index (χ0v) is 19.3. The normalized spacial score (nSPS) is 13.4. The van der Waals surface area contributed by atoms with E-state index >= 15 is 0 Å². The molecular weight excluding hydrogens is 376 g/mol. The first kappa shape index (κ1) is 21.2. The van der Waals surface area contributed by atoms with Gasteiger partial charge in [-0.15, -0.1) is 0 Å².